The van der Waals surface area contributed by atoms with Gasteiger partial charge in [0.1, 0.15) is 0 Å². The van der Waals surface area contributed by atoms with E-state index in [0.29, 0.717) is 23.4 Å². The lowest BCUT2D eigenvalue weighted by molar-refractivity contribution is -0.131. The van der Waals surface area contributed by atoms with E-state index in [9.17, 15) is 4.79 Å². The summed E-state index contributed by atoms with van der Waals surface area (Å²) in [5.74, 6) is 2.06. The van der Waals surface area contributed by atoms with Gasteiger partial charge in [-0.1, -0.05) is 19.8 Å². The first kappa shape index (κ1) is 13.1. The molecule has 0 aromatic carbocycles. The quantitative estimate of drug-likeness (QED) is 0.837. The Balaban J connectivity index is 1.51. The van der Waals surface area contributed by atoms with Crippen LogP contribution in [0.25, 0.3) is 0 Å². The van der Waals surface area contributed by atoms with Gasteiger partial charge in [0.15, 0.2) is 0 Å². The van der Waals surface area contributed by atoms with Gasteiger partial charge >= 0.3 is 0 Å². The summed E-state index contributed by atoms with van der Waals surface area (Å²) in [6.45, 7) is 3.19. The molecular weight excluding hydrogens is 248 g/mol. The molecule has 0 aromatic heterocycles. The molecule has 1 N–H and O–H groups in total. The fourth-order valence-electron chi connectivity index (χ4n) is 4.73. The molecule has 3 nitrogen and oxygen atoms in total. The van der Waals surface area contributed by atoms with E-state index < -0.39 is 0 Å². The van der Waals surface area contributed by atoms with E-state index >= 15 is 0 Å². The Hall–Kier alpha value is -0.570. The van der Waals surface area contributed by atoms with Crippen molar-refractivity contribution in [1.82, 2.24) is 10.2 Å². The summed E-state index contributed by atoms with van der Waals surface area (Å²) in [4.78, 5) is 15.0. The summed E-state index contributed by atoms with van der Waals surface area (Å²) >= 11 is 0. The highest BCUT2D eigenvalue weighted by atomic mass is 16.2. The van der Waals surface area contributed by atoms with Crippen LogP contribution in [0.1, 0.15) is 64.7 Å². The highest BCUT2D eigenvalue weighted by molar-refractivity contribution is 5.84. The van der Waals surface area contributed by atoms with Crippen LogP contribution in [0.3, 0.4) is 0 Å². The Labute approximate surface area is 122 Å². The first-order valence-corrected chi connectivity index (χ1v) is 8.80. The molecule has 20 heavy (non-hydrogen) atoms. The van der Waals surface area contributed by atoms with Crippen LogP contribution in [0.2, 0.25) is 0 Å². The van der Waals surface area contributed by atoms with Gasteiger partial charge in [-0.15, -0.1) is 0 Å². The molecule has 3 heteroatoms. The van der Waals surface area contributed by atoms with Gasteiger partial charge in [-0.3, -0.25) is 10.1 Å². The molecule has 0 spiro atoms. The number of nitrogens with zero attached hydrogens (tertiary/aromatic N) is 1. The molecule has 2 atom stereocenters. The van der Waals surface area contributed by atoms with E-state index in [1.165, 1.54) is 51.4 Å². The Morgan fingerprint density at radius 3 is 2.45 bits per heavy atom. The molecule has 112 valence electrons. The molecule has 1 heterocycles. The number of amides is 1. The van der Waals surface area contributed by atoms with Crippen LogP contribution < -0.4 is 5.32 Å². The lowest BCUT2D eigenvalue weighted by Gasteiger charge is -2.32. The summed E-state index contributed by atoms with van der Waals surface area (Å²) in [7, 11) is 0. The third kappa shape index (κ3) is 2.09. The Morgan fingerprint density at radius 1 is 1.20 bits per heavy atom. The molecule has 1 aliphatic heterocycles. The maximum atomic E-state index is 12.7. The predicted molar refractivity (Wildman–Crippen MR) is 79.1 cm³/mol. The van der Waals surface area contributed by atoms with Crippen molar-refractivity contribution in [3.63, 3.8) is 0 Å². The number of hydrogen-bond donors (Lipinski definition) is 1. The molecule has 0 radical (unpaired) electrons. The zero-order valence-electron chi connectivity index (χ0n) is 12.7. The minimum absolute atomic E-state index is 0.0932. The zero-order chi connectivity index (χ0) is 13.7. The van der Waals surface area contributed by atoms with E-state index in [-0.39, 0.29) is 6.04 Å². The number of carbonyl (C=O) groups excluding carboxylic acids is 1. The summed E-state index contributed by atoms with van der Waals surface area (Å²) in [6, 6.07) is 0.0932. The van der Waals surface area contributed by atoms with E-state index in [1.54, 1.807) is 0 Å². The van der Waals surface area contributed by atoms with Crippen molar-refractivity contribution < 1.29 is 4.79 Å². The van der Waals surface area contributed by atoms with Gasteiger partial charge in [0.05, 0.1) is 12.2 Å². The average molecular weight is 276 g/mol. The highest BCUT2D eigenvalue weighted by Gasteiger charge is 2.57. The first-order chi connectivity index (χ1) is 9.73. The average Bonchev–Trinajstić information content (AvgIpc) is 3.35. The molecule has 3 aliphatic carbocycles. The zero-order valence-corrected chi connectivity index (χ0v) is 12.7. The van der Waals surface area contributed by atoms with E-state index in [2.05, 4.69) is 17.1 Å². The van der Waals surface area contributed by atoms with Crippen LogP contribution in [-0.4, -0.2) is 29.6 Å². The molecule has 3 saturated carbocycles. The summed E-state index contributed by atoms with van der Waals surface area (Å²) in [5.41, 5.74) is 0.539. The van der Waals surface area contributed by atoms with Crippen molar-refractivity contribution in [3.8, 4) is 0 Å². The van der Waals surface area contributed by atoms with Crippen LogP contribution in [0.15, 0.2) is 0 Å². The van der Waals surface area contributed by atoms with E-state index in [1.807, 2.05) is 0 Å². The second-order valence-electron chi connectivity index (χ2n) is 7.72. The Kier molecular flexibility index (Phi) is 3.10. The molecular formula is C17H28N2O. The smallest absolute Gasteiger partial charge is 0.241 e. The molecule has 4 aliphatic rings. The molecule has 2 unspecified atom stereocenters. The molecule has 0 bridgehead atoms. The number of hydrogen-bond acceptors (Lipinski definition) is 2. The first-order valence-electron chi connectivity index (χ1n) is 8.80. The Morgan fingerprint density at radius 2 is 1.90 bits per heavy atom. The molecule has 4 rings (SSSR count). The van der Waals surface area contributed by atoms with Gasteiger partial charge in [0.2, 0.25) is 5.91 Å². The topological polar surface area (TPSA) is 32.3 Å². The lowest BCUT2D eigenvalue weighted by Crippen LogP contribution is -2.45. The van der Waals surface area contributed by atoms with Crippen molar-refractivity contribution in [2.24, 2.45) is 17.3 Å². The second-order valence-corrected chi connectivity index (χ2v) is 7.72. The van der Waals surface area contributed by atoms with Crippen molar-refractivity contribution in [2.45, 2.75) is 76.9 Å². The predicted octanol–water partition coefficient (Wildman–Crippen LogP) is 2.90. The van der Waals surface area contributed by atoms with Gasteiger partial charge in [-0.2, -0.15) is 0 Å². The van der Waals surface area contributed by atoms with Gasteiger partial charge in [-0.25, -0.2) is 0 Å². The van der Waals surface area contributed by atoms with E-state index in [4.69, 9.17) is 0 Å². The third-order valence-corrected chi connectivity index (χ3v) is 6.36. The van der Waals surface area contributed by atoms with Gasteiger partial charge in [0, 0.05) is 6.54 Å². The summed E-state index contributed by atoms with van der Waals surface area (Å²) in [5, 5.41) is 3.67. The summed E-state index contributed by atoms with van der Waals surface area (Å²) < 4.78 is 0. The second kappa shape index (κ2) is 4.72. The molecule has 0 aromatic rings. The number of rotatable bonds is 5. The van der Waals surface area contributed by atoms with Crippen LogP contribution in [0, 0.1) is 17.3 Å². The highest BCUT2D eigenvalue weighted by Crippen LogP contribution is 2.62. The van der Waals surface area contributed by atoms with Crippen LogP contribution in [0.5, 0.6) is 0 Å². The van der Waals surface area contributed by atoms with Crippen molar-refractivity contribution in [1.29, 1.82) is 0 Å². The number of carbonyl (C=O) groups is 1. The SMILES string of the molecule is CCC1NC(C2CCCC2)N(CC2(C3CC3)CC2)C1=O. The van der Waals surface area contributed by atoms with Gasteiger partial charge in [-0.05, 0) is 62.2 Å². The Bertz CT molecular complexity index is 394. The largest absolute Gasteiger partial charge is 0.325 e. The van der Waals surface area contributed by atoms with Crippen molar-refractivity contribution in [2.75, 3.05) is 6.54 Å². The van der Waals surface area contributed by atoms with Gasteiger partial charge in [0.25, 0.3) is 0 Å². The fourth-order valence-corrected chi connectivity index (χ4v) is 4.73. The van der Waals surface area contributed by atoms with E-state index in [0.717, 1.165) is 18.9 Å². The van der Waals surface area contributed by atoms with Crippen LogP contribution in [0.4, 0.5) is 0 Å². The molecule has 1 saturated heterocycles. The van der Waals surface area contributed by atoms with Crippen LogP contribution in [-0.2, 0) is 4.79 Å². The third-order valence-electron chi connectivity index (χ3n) is 6.36. The summed E-state index contributed by atoms with van der Waals surface area (Å²) in [6.07, 6.45) is 12.2. The minimum atomic E-state index is 0.0932. The molecule has 1 amide bonds. The normalized spacial score (nSPS) is 36.9. The van der Waals surface area contributed by atoms with Crippen molar-refractivity contribution in [3.05, 3.63) is 0 Å². The standard InChI is InChI=1S/C17H28N2O/c1-2-14-16(20)19(11-17(9-10-17)13-7-8-13)15(18-14)12-5-3-4-6-12/h12-15,18H,2-11H2,1H3. The maximum absolute atomic E-state index is 12.7. The molecule has 4 fully saturated rings. The van der Waals surface area contributed by atoms with Crippen LogP contribution >= 0.6 is 0 Å². The minimum Gasteiger partial charge on any atom is -0.325 e. The number of nitrogens with one attached hydrogen (secondary N) is 1. The monoisotopic (exact) mass is 276 g/mol. The van der Waals surface area contributed by atoms with Gasteiger partial charge < -0.3 is 4.90 Å². The van der Waals surface area contributed by atoms with Crippen molar-refractivity contribution >= 4 is 5.91 Å². The maximum Gasteiger partial charge on any atom is 0.241 e. The lowest BCUT2D eigenvalue weighted by atomic mass is 9.97. The fraction of sp³-hybridized carbons (Fsp3) is 0.941.